The average Bonchev–Trinajstić information content (AvgIpc) is 3.53. The van der Waals surface area contributed by atoms with E-state index >= 15 is 0 Å². The highest BCUT2D eigenvalue weighted by Gasteiger charge is 2.60. The van der Waals surface area contributed by atoms with Crippen molar-refractivity contribution in [3.05, 3.63) is 59.2 Å². The summed E-state index contributed by atoms with van der Waals surface area (Å²) in [6.07, 6.45) is 3.78. The maximum atomic E-state index is 14.0. The summed E-state index contributed by atoms with van der Waals surface area (Å²) in [6.45, 7) is 0.588. The first-order valence-corrected chi connectivity index (χ1v) is 11.8. The Bertz CT molecular complexity index is 1090. The summed E-state index contributed by atoms with van der Waals surface area (Å²) in [5, 5.41) is 0. The zero-order valence-electron chi connectivity index (χ0n) is 17.8. The molecular weight excluding hydrogens is 434 g/mol. The van der Waals surface area contributed by atoms with Crippen LogP contribution >= 0.6 is 11.8 Å². The smallest absolute Gasteiger partial charge is 0.268 e. The molecule has 1 saturated heterocycles. The average molecular weight is 459 g/mol. The van der Waals surface area contributed by atoms with Gasteiger partial charge in [0.15, 0.2) is 16.5 Å². The van der Waals surface area contributed by atoms with Crippen LogP contribution in [0.1, 0.15) is 36.8 Å². The fraction of sp³-hybridized carbons (Fsp3) is 0.417. The second-order valence-corrected chi connectivity index (χ2v) is 9.77. The van der Waals surface area contributed by atoms with E-state index in [4.69, 9.17) is 4.74 Å². The van der Waals surface area contributed by atoms with Crippen LogP contribution in [0.2, 0.25) is 0 Å². The van der Waals surface area contributed by atoms with Crippen LogP contribution in [0.3, 0.4) is 0 Å². The number of ether oxygens (including phenoxy) is 1. The molecule has 5 rings (SSSR count). The first-order valence-electron chi connectivity index (χ1n) is 10.9. The zero-order chi connectivity index (χ0) is 22.5. The number of carbonyl (C=O) groups excluding carboxylic acids is 2. The SMILES string of the molecule is COc1ccc2c(c1)[C@]1(SCCN1C(=O)C1CCCC1)C(=O)N2Cc1ccc(F)c(F)c1. The van der Waals surface area contributed by atoms with Crippen LogP contribution in [-0.4, -0.2) is 36.1 Å². The monoisotopic (exact) mass is 458 g/mol. The van der Waals surface area contributed by atoms with Crippen LogP contribution in [0, 0.1) is 17.6 Å². The number of fused-ring (bicyclic) bond motifs is 2. The van der Waals surface area contributed by atoms with Gasteiger partial charge < -0.3 is 14.5 Å². The summed E-state index contributed by atoms with van der Waals surface area (Å²) in [7, 11) is 1.56. The minimum absolute atomic E-state index is 0.0318. The molecular formula is C24H24F2N2O3S. The number of amides is 2. The highest BCUT2D eigenvalue weighted by Crippen LogP contribution is 2.55. The molecule has 1 spiro atoms. The lowest BCUT2D eigenvalue weighted by molar-refractivity contribution is -0.143. The van der Waals surface area contributed by atoms with Gasteiger partial charge in [-0.1, -0.05) is 18.9 Å². The largest absolute Gasteiger partial charge is 0.497 e. The molecule has 2 heterocycles. The van der Waals surface area contributed by atoms with E-state index in [0.717, 1.165) is 43.4 Å². The van der Waals surface area contributed by atoms with Crippen LogP contribution in [0.25, 0.3) is 0 Å². The van der Waals surface area contributed by atoms with E-state index in [2.05, 4.69) is 0 Å². The van der Waals surface area contributed by atoms with Gasteiger partial charge in [0.25, 0.3) is 5.91 Å². The highest BCUT2D eigenvalue weighted by molar-refractivity contribution is 8.01. The number of methoxy groups -OCH3 is 1. The molecule has 2 amide bonds. The molecule has 2 fully saturated rings. The van der Waals surface area contributed by atoms with E-state index in [9.17, 15) is 18.4 Å². The van der Waals surface area contributed by atoms with Gasteiger partial charge in [-0.25, -0.2) is 8.78 Å². The fourth-order valence-corrected chi connectivity index (χ4v) is 6.57. The molecule has 8 heteroatoms. The number of benzene rings is 2. The third-order valence-corrected chi connectivity index (χ3v) is 8.12. The van der Waals surface area contributed by atoms with Gasteiger partial charge in [-0.05, 0) is 48.7 Å². The van der Waals surface area contributed by atoms with Gasteiger partial charge in [0.2, 0.25) is 5.91 Å². The predicted molar refractivity (Wildman–Crippen MR) is 118 cm³/mol. The number of anilines is 1. The normalized spacial score (nSPS) is 22.8. The lowest BCUT2D eigenvalue weighted by Crippen LogP contribution is -2.51. The van der Waals surface area contributed by atoms with Crippen molar-refractivity contribution in [1.29, 1.82) is 0 Å². The Morgan fingerprint density at radius 3 is 2.66 bits per heavy atom. The van der Waals surface area contributed by atoms with E-state index < -0.39 is 16.5 Å². The second kappa shape index (κ2) is 8.06. The van der Waals surface area contributed by atoms with Gasteiger partial charge in [-0.2, -0.15) is 0 Å². The van der Waals surface area contributed by atoms with Gasteiger partial charge >= 0.3 is 0 Å². The van der Waals surface area contributed by atoms with E-state index in [1.165, 1.54) is 17.8 Å². The molecule has 32 heavy (non-hydrogen) atoms. The predicted octanol–water partition coefficient (Wildman–Crippen LogP) is 4.44. The molecule has 5 nitrogen and oxygen atoms in total. The van der Waals surface area contributed by atoms with E-state index in [1.54, 1.807) is 29.0 Å². The third kappa shape index (κ3) is 3.18. The molecule has 2 aromatic rings. The summed E-state index contributed by atoms with van der Waals surface area (Å²) in [6, 6.07) is 9.05. The number of hydrogen-bond acceptors (Lipinski definition) is 4. The number of thioether (sulfide) groups is 1. The number of hydrogen-bond donors (Lipinski definition) is 0. The Morgan fingerprint density at radius 1 is 1.16 bits per heavy atom. The minimum atomic E-state index is -1.15. The Balaban J connectivity index is 1.58. The number of halogens is 2. The van der Waals surface area contributed by atoms with Gasteiger partial charge in [0.05, 0.1) is 19.3 Å². The molecule has 1 atom stereocenters. The Kier molecular flexibility index (Phi) is 5.35. The van der Waals surface area contributed by atoms with Crippen molar-refractivity contribution in [2.24, 2.45) is 5.92 Å². The van der Waals surface area contributed by atoms with Crippen molar-refractivity contribution >= 4 is 29.3 Å². The van der Waals surface area contributed by atoms with Crippen LogP contribution in [0.4, 0.5) is 14.5 Å². The third-order valence-electron chi connectivity index (χ3n) is 6.70. The molecule has 3 aliphatic rings. The molecule has 0 bridgehead atoms. The van der Waals surface area contributed by atoms with Crippen molar-refractivity contribution < 1.29 is 23.1 Å². The van der Waals surface area contributed by atoms with Crippen LogP contribution in [-0.2, 0) is 21.0 Å². The first-order chi connectivity index (χ1) is 15.5. The van der Waals surface area contributed by atoms with Gasteiger partial charge in [0.1, 0.15) is 5.75 Å². The second-order valence-electron chi connectivity index (χ2n) is 8.49. The topological polar surface area (TPSA) is 49.9 Å². The number of nitrogens with zero attached hydrogens (tertiary/aromatic N) is 2. The van der Waals surface area contributed by atoms with Crippen molar-refractivity contribution in [3.8, 4) is 5.75 Å². The fourth-order valence-electron chi connectivity index (χ4n) is 5.11. The van der Waals surface area contributed by atoms with Crippen LogP contribution in [0.15, 0.2) is 36.4 Å². The summed E-state index contributed by atoms with van der Waals surface area (Å²) >= 11 is 1.46. The maximum absolute atomic E-state index is 14.0. The van der Waals surface area contributed by atoms with Crippen molar-refractivity contribution in [1.82, 2.24) is 4.90 Å². The quantitative estimate of drug-likeness (QED) is 0.680. The molecule has 0 aromatic heterocycles. The zero-order valence-corrected chi connectivity index (χ0v) is 18.6. The standard InChI is InChI=1S/C24H24F2N2O3S/c1-31-17-7-9-21-18(13-17)24(28(10-11-32-24)22(29)16-4-2-3-5-16)23(30)27(21)14-15-6-8-19(25)20(26)12-15/h6-9,12-13,16H,2-5,10-11,14H2,1H3/t24-/m0/s1. The summed E-state index contributed by atoms with van der Waals surface area (Å²) in [5.74, 6) is -0.864. The van der Waals surface area contributed by atoms with Crippen molar-refractivity contribution in [2.45, 2.75) is 37.1 Å². The van der Waals surface area contributed by atoms with Gasteiger partial charge in [0, 0.05) is 23.8 Å². The summed E-state index contributed by atoms with van der Waals surface area (Å²) < 4.78 is 32.7. The Hall–Kier alpha value is -2.61. The van der Waals surface area contributed by atoms with Crippen molar-refractivity contribution in [2.75, 3.05) is 24.3 Å². The lowest BCUT2D eigenvalue weighted by atomic mass is 10.0. The molecule has 0 unspecified atom stereocenters. The summed E-state index contributed by atoms with van der Waals surface area (Å²) in [5.41, 5.74) is 1.87. The highest BCUT2D eigenvalue weighted by atomic mass is 32.2. The molecule has 0 radical (unpaired) electrons. The number of carbonyl (C=O) groups is 2. The van der Waals surface area contributed by atoms with Crippen LogP contribution in [0.5, 0.6) is 5.75 Å². The number of rotatable bonds is 4. The molecule has 0 N–H and O–H groups in total. The summed E-state index contributed by atoms with van der Waals surface area (Å²) in [4.78, 5) is 29.6. The van der Waals surface area contributed by atoms with E-state index in [0.29, 0.717) is 29.3 Å². The Morgan fingerprint density at radius 2 is 1.94 bits per heavy atom. The van der Waals surface area contributed by atoms with E-state index in [1.807, 2.05) is 6.07 Å². The first kappa shape index (κ1) is 21.2. The van der Waals surface area contributed by atoms with Crippen LogP contribution < -0.4 is 9.64 Å². The van der Waals surface area contributed by atoms with Gasteiger partial charge in [-0.3, -0.25) is 9.59 Å². The molecule has 2 aliphatic heterocycles. The minimum Gasteiger partial charge on any atom is -0.497 e. The molecule has 2 aromatic carbocycles. The maximum Gasteiger partial charge on any atom is 0.268 e. The molecule has 1 aliphatic carbocycles. The molecule has 168 valence electrons. The lowest BCUT2D eigenvalue weighted by Gasteiger charge is -2.35. The molecule has 1 saturated carbocycles. The Labute approximate surface area is 189 Å². The van der Waals surface area contributed by atoms with Gasteiger partial charge in [-0.15, -0.1) is 11.8 Å². The van der Waals surface area contributed by atoms with E-state index in [-0.39, 0.29) is 24.3 Å². The van der Waals surface area contributed by atoms with Crippen molar-refractivity contribution in [3.63, 3.8) is 0 Å².